The summed E-state index contributed by atoms with van der Waals surface area (Å²) in [5, 5.41) is 2.77. The number of anilines is 1. The van der Waals surface area contributed by atoms with Crippen LogP contribution < -0.4 is 25.3 Å². The second-order valence-electron chi connectivity index (χ2n) is 6.07. The first kappa shape index (κ1) is 19.0. The molecule has 1 heterocycles. The number of carbonyl (C=O) groups is 2. The predicted octanol–water partition coefficient (Wildman–Crippen LogP) is 2.75. The zero-order chi connectivity index (χ0) is 19.6. The third-order valence-corrected chi connectivity index (χ3v) is 4.80. The first-order valence-corrected chi connectivity index (χ1v) is 9.00. The van der Waals surface area contributed by atoms with Gasteiger partial charge in [0.25, 0.3) is 5.91 Å². The van der Waals surface area contributed by atoms with Crippen molar-refractivity contribution in [1.82, 2.24) is 0 Å². The number of carbonyl (C=O) groups excluding carboxylic acids is 2. The average Bonchev–Trinajstić information content (AvgIpc) is 2.67. The Morgan fingerprint density at radius 1 is 1.22 bits per heavy atom. The van der Waals surface area contributed by atoms with E-state index in [4.69, 9.17) is 19.9 Å². The largest absolute Gasteiger partial charge is 0.497 e. The van der Waals surface area contributed by atoms with Crippen LogP contribution >= 0.6 is 15.9 Å². The highest BCUT2D eigenvalue weighted by Crippen LogP contribution is 2.35. The minimum Gasteiger partial charge on any atom is -0.497 e. The molecule has 0 saturated heterocycles. The Morgan fingerprint density at radius 2 is 2.00 bits per heavy atom. The molecule has 27 heavy (non-hydrogen) atoms. The van der Waals surface area contributed by atoms with Crippen LogP contribution in [0, 0.1) is 5.92 Å². The van der Waals surface area contributed by atoms with Gasteiger partial charge < -0.3 is 25.3 Å². The number of ether oxygens (including phenoxy) is 3. The van der Waals surface area contributed by atoms with E-state index < -0.39 is 11.8 Å². The van der Waals surface area contributed by atoms with Crippen LogP contribution in [0.5, 0.6) is 17.2 Å². The highest BCUT2D eigenvalue weighted by Gasteiger charge is 2.28. The second-order valence-corrected chi connectivity index (χ2v) is 6.99. The van der Waals surface area contributed by atoms with Crippen LogP contribution in [0.3, 0.4) is 0 Å². The van der Waals surface area contributed by atoms with Crippen molar-refractivity contribution in [3.63, 3.8) is 0 Å². The van der Waals surface area contributed by atoms with E-state index in [1.165, 1.54) is 13.2 Å². The number of hydrogen-bond acceptors (Lipinski definition) is 5. The molecule has 3 rings (SSSR count). The van der Waals surface area contributed by atoms with Crippen molar-refractivity contribution in [2.45, 2.75) is 6.42 Å². The Labute approximate surface area is 164 Å². The summed E-state index contributed by atoms with van der Waals surface area (Å²) in [5.74, 6) is 0.387. The number of amides is 2. The highest BCUT2D eigenvalue weighted by atomic mass is 79.9. The van der Waals surface area contributed by atoms with Gasteiger partial charge in [0.2, 0.25) is 5.91 Å². The summed E-state index contributed by atoms with van der Waals surface area (Å²) in [6.45, 7) is 0.232. The van der Waals surface area contributed by atoms with Crippen molar-refractivity contribution in [3.8, 4) is 17.2 Å². The van der Waals surface area contributed by atoms with Gasteiger partial charge in [0, 0.05) is 4.47 Å². The lowest BCUT2D eigenvalue weighted by Gasteiger charge is -2.25. The minimum absolute atomic E-state index is 0.161. The van der Waals surface area contributed by atoms with Crippen LogP contribution in [0.1, 0.15) is 15.9 Å². The summed E-state index contributed by atoms with van der Waals surface area (Å²) in [4.78, 5) is 24.6. The van der Waals surface area contributed by atoms with Gasteiger partial charge >= 0.3 is 0 Å². The number of nitrogens with one attached hydrogen (secondary N) is 1. The van der Waals surface area contributed by atoms with E-state index in [1.807, 2.05) is 18.2 Å². The molecule has 1 atom stereocenters. The SMILES string of the molecule is COc1ccc2c(c1)C[C@@H](C(=O)Nc1c(OC)cc(Br)cc1C(N)=O)CO2. The monoisotopic (exact) mass is 434 g/mol. The molecule has 0 aromatic heterocycles. The van der Waals surface area contributed by atoms with Gasteiger partial charge in [-0.2, -0.15) is 0 Å². The number of fused-ring (bicyclic) bond motifs is 1. The molecule has 2 aromatic rings. The number of halogens is 1. The summed E-state index contributed by atoms with van der Waals surface area (Å²) >= 11 is 3.30. The van der Waals surface area contributed by atoms with Gasteiger partial charge in [-0.3, -0.25) is 9.59 Å². The van der Waals surface area contributed by atoms with E-state index in [9.17, 15) is 9.59 Å². The van der Waals surface area contributed by atoms with Crippen LogP contribution in [0.4, 0.5) is 5.69 Å². The van der Waals surface area contributed by atoms with Crippen LogP contribution in [0.25, 0.3) is 0 Å². The molecule has 0 saturated carbocycles. The molecule has 0 bridgehead atoms. The molecule has 3 N–H and O–H groups in total. The summed E-state index contributed by atoms with van der Waals surface area (Å²) in [6.07, 6.45) is 0.489. The van der Waals surface area contributed by atoms with Gasteiger partial charge in [0.1, 0.15) is 23.9 Å². The van der Waals surface area contributed by atoms with Gasteiger partial charge in [0.15, 0.2) is 0 Å². The molecular weight excluding hydrogens is 416 g/mol. The Bertz CT molecular complexity index is 900. The summed E-state index contributed by atoms with van der Waals surface area (Å²) in [5.41, 5.74) is 6.74. The quantitative estimate of drug-likeness (QED) is 0.753. The van der Waals surface area contributed by atoms with Crippen LogP contribution in [0.15, 0.2) is 34.8 Å². The van der Waals surface area contributed by atoms with Crippen molar-refractivity contribution in [2.75, 3.05) is 26.1 Å². The highest BCUT2D eigenvalue weighted by molar-refractivity contribution is 9.10. The number of rotatable bonds is 5. The van der Waals surface area contributed by atoms with E-state index in [-0.39, 0.29) is 23.8 Å². The Morgan fingerprint density at radius 3 is 2.67 bits per heavy atom. The first-order valence-electron chi connectivity index (χ1n) is 8.20. The summed E-state index contributed by atoms with van der Waals surface area (Å²) in [6, 6.07) is 8.68. The fraction of sp³-hybridized carbons (Fsp3) is 0.263. The molecule has 0 radical (unpaired) electrons. The lowest BCUT2D eigenvalue weighted by Crippen LogP contribution is -2.33. The zero-order valence-electron chi connectivity index (χ0n) is 14.9. The van der Waals surface area contributed by atoms with Crippen molar-refractivity contribution in [1.29, 1.82) is 0 Å². The molecule has 0 fully saturated rings. The normalized spacial score (nSPS) is 15.3. The Balaban J connectivity index is 1.85. The second kappa shape index (κ2) is 7.87. The minimum atomic E-state index is -0.667. The Hall–Kier alpha value is -2.74. The van der Waals surface area contributed by atoms with Crippen molar-refractivity contribution >= 4 is 33.4 Å². The number of nitrogens with two attached hydrogens (primary N) is 1. The molecular formula is C19H19BrN2O5. The van der Waals surface area contributed by atoms with Gasteiger partial charge in [-0.15, -0.1) is 0 Å². The predicted molar refractivity (Wildman–Crippen MR) is 104 cm³/mol. The molecule has 1 aliphatic heterocycles. The van der Waals surface area contributed by atoms with Crippen LogP contribution in [-0.2, 0) is 11.2 Å². The van der Waals surface area contributed by atoms with E-state index in [0.29, 0.717) is 22.4 Å². The molecule has 1 aliphatic rings. The molecule has 2 amide bonds. The smallest absolute Gasteiger partial charge is 0.250 e. The molecule has 0 spiro atoms. The van der Waals surface area contributed by atoms with Crippen LogP contribution in [0.2, 0.25) is 0 Å². The van der Waals surface area contributed by atoms with E-state index in [2.05, 4.69) is 21.2 Å². The van der Waals surface area contributed by atoms with Gasteiger partial charge in [-0.1, -0.05) is 15.9 Å². The Kier molecular flexibility index (Phi) is 5.55. The zero-order valence-corrected chi connectivity index (χ0v) is 16.5. The van der Waals surface area contributed by atoms with E-state index in [1.54, 1.807) is 13.2 Å². The standard InChI is InChI=1S/C19H19BrN2O5/c1-25-13-3-4-15-10(6-13)5-11(9-27-15)19(24)22-17-14(18(21)23)7-12(20)8-16(17)26-2/h3-4,6-8,11H,5,9H2,1-2H3,(H2,21,23)(H,22,24)/t11-/m1/s1. The summed E-state index contributed by atoms with van der Waals surface area (Å²) < 4.78 is 16.8. The maximum absolute atomic E-state index is 12.8. The van der Waals surface area contributed by atoms with Crippen LogP contribution in [-0.4, -0.2) is 32.6 Å². The van der Waals surface area contributed by atoms with Crippen molar-refractivity contribution in [3.05, 3.63) is 45.9 Å². The average molecular weight is 435 g/mol. The number of benzene rings is 2. The third-order valence-electron chi connectivity index (χ3n) is 4.35. The maximum atomic E-state index is 12.8. The molecule has 7 nitrogen and oxygen atoms in total. The summed E-state index contributed by atoms with van der Waals surface area (Å²) in [7, 11) is 3.04. The van der Waals surface area contributed by atoms with Crippen molar-refractivity contribution < 1.29 is 23.8 Å². The maximum Gasteiger partial charge on any atom is 0.250 e. The van der Waals surface area contributed by atoms with Gasteiger partial charge in [0.05, 0.1) is 31.4 Å². The lowest BCUT2D eigenvalue weighted by molar-refractivity contribution is -0.121. The lowest BCUT2D eigenvalue weighted by atomic mass is 9.95. The fourth-order valence-electron chi connectivity index (χ4n) is 2.96. The first-order chi connectivity index (χ1) is 12.9. The van der Waals surface area contributed by atoms with E-state index in [0.717, 1.165) is 11.3 Å². The molecule has 142 valence electrons. The number of hydrogen-bond donors (Lipinski definition) is 2. The number of methoxy groups -OCH3 is 2. The molecule has 8 heteroatoms. The fourth-order valence-corrected chi connectivity index (χ4v) is 3.39. The van der Waals surface area contributed by atoms with Crippen molar-refractivity contribution in [2.24, 2.45) is 11.7 Å². The third kappa shape index (κ3) is 4.00. The molecule has 2 aromatic carbocycles. The topological polar surface area (TPSA) is 99.9 Å². The van der Waals surface area contributed by atoms with Gasteiger partial charge in [-0.05, 0) is 42.3 Å². The van der Waals surface area contributed by atoms with Gasteiger partial charge in [-0.25, -0.2) is 0 Å². The molecule has 0 unspecified atom stereocenters. The molecule has 0 aliphatic carbocycles. The number of primary amides is 1. The van der Waals surface area contributed by atoms with E-state index >= 15 is 0 Å².